The van der Waals surface area contributed by atoms with Crippen LogP contribution in [0.4, 0.5) is 5.69 Å². The van der Waals surface area contributed by atoms with E-state index >= 15 is 0 Å². The molecule has 0 radical (unpaired) electrons. The number of anilines is 1. The van der Waals surface area contributed by atoms with Gasteiger partial charge in [-0.1, -0.05) is 30.8 Å². The second-order valence-corrected chi connectivity index (χ2v) is 3.37. The minimum Gasteiger partial charge on any atom is -0.507 e. The lowest BCUT2D eigenvalue weighted by molar-refractivity contribution is -0.111. The van der Waals surface area contributed by atoms with E-state index < -0.39 is 0 Å². The summed E-state index contributed by atoms with van der Waals surface area (Å²) < 4.78 is 0. The van der Waals surface area contributed by atoms with Gasteiger partial charge in [0.05, 0.1) is 0 Å². The monoisotopic (exact) mass is 213 g/mol. The predicted octanol–water partition coefficient (Wildman–Crippen LogP) is 2.67. The van der Waals surface area contributed by atoms with Crippen LogP contribution in [-0.4, -0.2) is 11.0 Å². The quantitative estimate of drug-likeness (QED) is 0.595. The number of fused-ring (bicyclic) bond motifs is 1. The molecule has 2 aromatic carbocycles. The number of hydrogen-bond donors (Lipinski definition) is 2. The highest BCUT2D eigenvalue weighted by molar-refractivity contribution is 6.07. The first-order chi connectivity index (χ1) is 7.72. The molecule has 0 bridgehead atoms. The Balaban J connectivity index is 2.58. The number of aromatic hydroxyl groups is 1. The zero-order chi connectivity index (χ0) is 11.5. The van der Waals surface area contributed by atoms with Crippen LogP contribution in [0.3, 0.4) is 0 Å². The number of hydrogen-bond acceptors (Lipinski definition) is 2. The summed E-state index contributed by atoms with van der Waals surface area (Å²) in [4.78, 5) is 11.2. The molecule has 0 fully saturated rings. The van der Waals surface area contributed by atoms with Gasteiger partial charge in [0, 0.05) is 16.5 Å². The fourth-order valence-electron chi connectivity index (χ4n) is 1.58. The van der Waals surface area contributed by atoms with E-state index in [2.05, 4.69) is 11.9 Å². The van der Waals surface area contributed by atoms with E-state index in [0.29, 0.717) is 11.1 Å². The molecule has 2 rings (SSSR count). The van der Waals surface area contributed by atoms with Gasteiger partial charge >= 0.3 is 0 Å². The van der Waals surface area contributed by atoms with E-state index in [4.69, 9.17) is 0 Å². The topological polar surface area (TPSA) is 49.3 Å². The molecule has 2 aromatic rings. The van der Waals surface area contributed by atoms with E-state index in [-0.39, 0.29) is 11.7 Å². The molecule has 0 aliphatic carbocycles. The molecule has 80 valence electrons. The van der Waals surface area contributed by atoms with Crippen molar-refractivity contribution in [2.75, 3.05) is 5.32 Å². The van der Waals surface area contributed by atoms with Gasteiger partial charge in [0.2, 0.25) is 5.91 Å². The van der Waals surface area contributed by atoms with Crippen molar-refractivity contribution in [1.82, 2.24) is 0 Å². The van der Waals surface area contributed by atoms with Gasteiger partial charge in [-0.3, -0.25) is 4.79 Å². The first kappa shape index (κ1) is 10.2. The van der Waals surface area contributed by atoms with Crippen molar-refractivity contribution in [3.63, 3.8) is 0 Å². The number of benzene rings is 2. The Hall–Kier alpha value is -2.29. The Morgan fingerprint density at radius 3 is 2.56 bits per heavy atom. The summed E-state index contributed by atoms with van der Waals surface area (Å²) in [7, 11) is 0. The van der Waals surface area contributed by atoms with Gasteiger partial charge in [0.15, 0.2) is 0 Å². The van der Waals surface area contributed by atoms with Crippen molar-refractivity contribution in [1.29, 1.82) is 0 Å². The number of rotatable bonds is 2. The second-order valence-electron chi connectivity index (χ2n) is 3.37. The smallest absolute Gasteiger partial charge is 0.247 e. The Bertz CT molecular complexity index is 561. The van der Waals surface area contributed by atoms with Crippen LogP contribution < -0.4 is 5.32 Å². The summed E-state index contributed by atoms with van der Waals surface area (Å²) in [6, 6.07) is 10.6. The molecule has 0 heterocycles. The third kappa shape index (κ3) is 1.75. The lowest BCUT2D eigenvalue weighted by atomic mass is 10.1. The molecule has 3 heteroatoms. The minimum atomic E-state index is -0.268. The van der Waals surface area contributed by atoms with Crippen LogP contribution in [0.15, 0.2) is 49.1 Å². The average Bonchev–Trinajstić information content (AvgIpc) is 2.33. The summed E-state index contributed by atoms with van der Waals surface area (Å²) in [5.41, 5.74) is 0.665. The zero-order valence-corrected chi connectivity index (χ0v) is 8.60. The molecule has 0 saturated carbocycles. The molecule has 0 aliphatic rings. The number of phenols is 1. The molecule has 0 atom stereocenters. The molecular weight excluding hydrogens is 202 g/mol. The van der Waals surface area contributed by atoms with Gasteiger partial charge in [-0.2, -0.15) is 0 Å². The number of carbonyl (C=O) groups excluding carboxylic acids is 1. The maximum atomic E-state index is 11.2. The average molecular weight is 213 g/mol. The lowest BCUT2D eigenvalue weighted by Crippen LogP contribution is -2.07. The van der Waals surface area contributed by atoms with E-state index in [1.165, 1.54) is 6.08 Å². The van der Waals surface area contributed by atoms with Crippen molar-refractivity contribution in [3.8, 4) is 5.75 Å². The molecule has 0 unspecified atom stereocenters. The van der Waals surface area contributed by atoms with Crippen LogP contribution in [0.25, 0.3) is 10.8 Å². The van der Waals surface area contributed by atoms with E-state index in [1.807, 2.05) is 18.2 Å². The summed E-state index contributed by atoms with van der Waals surface area (Å²) in [5, 5.41) is 13.9. The normalized spacial score (nSPS) is 10.0. The van der Waals surface area contributed by atoms with Crippen molar-refractivity contribution in [2.24, 2.45) is 0 Å². The number of nitrogens with one attached hydrogen (secondary N) is 1. The Kier molecular flexibility index (Phi) is 2.60. The Morgan fingerprint density at radius 1 is 1.19 bits per heavy atom. The Morgan fingerprint density at radius 2 is 1.88 bits per heavy atom. The van der Waals surface area contributed by atoms with E-state index in [1.54, 1.807) is 18.2 Å². The van der Waals surface area contributed by atoms with Gasteiger partial charge in [0.25, 0.3) is 0 Å². The van der Waals surface area contributed by atoms with Crippen molar-refractivity contribution < 1.29 is 9.90 Å². The zero-order valence-electron chi connectivity index (χ0n) is 8.60. The number of carbonyl (C=O) groups is 1. The first-order valence-corrected chi connectivity index (χ1v) is 4.86. The highest BCUT2D eigenvalue weighted by Crippen LogP contribution is 2.30. The van der Waals surface area contributed by atoms with Gasteiger partial charge in [-0.15, -0.1) is 0 Å². The molecule has 1 amide bonds. The molecule has 0 aliphatic heterocycles. The van der Waals surface area contributed by atoms with Crippen molar-refractivity contribution >= 4 is 22.4 Å². The molecule has 16 heavy (non-hydrogen) atoms. The standard InChI is InChI=1S/C13H11NO2/c1-2-13(16)14-11-7-8-12(15)10-6-4-3-5-9(10)11/h2-8,15H,1H2,(H,14,16). The third-order valence-corrected chi connectivity index (χ3v) is 2.34. The van der Waals surface area contributed by atoms with Gasteiger partial charge in [0.1, 0.15) is 5.75 Å². The molecular formula is C13H11NO2. The van der Waals surface area contributed by atoms with Gasteiger partial charge < -0.3 is 10.4 Å². The lowest BCUT2D eigenvalue weighted by Gasteiger charge is -2.08. The van der Waals surface area contributed by atoms with Crippen LogP contribution >= 0.6 is 0 Å². The van der Waals surface area contributed by atoms with Crippen LogP contribution in [0.2, 0.25) is 0 Å². The molecule has 3 nitrogen and oxygen atoms in total. The largest absolute Gasteiger partial charge is 0.507 e. The van der Waals surface area contributed by atoms with Crippen LogP contribution in [0.1, 0.15) is 0 Å². The second kappa shape index (κ2) is 4.06. The van der Waals surface area contributed by atoms with E-state index in [9.17, 15) is 9.90 Å². The van der Waals surface area contributed by atoms with Crippen LogP contribution in [0.5, 0.6) is 5.75 Å². The highest BCUT2D eigenvalue weighted by atomic mass is 16.3. The van der Waals surface area contributed by atoms with E-state index in [0.717, 1.165) is 5.39 Å². The third-order valence-electron chi connectivity index (χ3n) is 2.34. The van der Waals surface area contributed by atoms with Crippen LogP contribution in [-0.2, 0) is 4.79 Å². The summed E-state index contributed by atoms with van der Waals surface area (Å²) >= 11 is 0. The summed E-state index contributed by atoms with van der Waals surface area (Å²) in [5.74, 6) is -0.0666. The fraction of sp³-hybridized carbons (Fsp3) is 0. The Labute approximate surface area is 93.0 Å². The van der Waals surface area contributed by atoms with Gasteiger partial charge in [-0.25, -0.2) is 0 Å². The maximum absolute atomic E-state index is 11.2. The molecule has 2 N–H and O–H groups in total. The highest BCUT2D eigenvalue weighted by Gasteiger charge is 2.05. The summed E-state index contributed by atoms with van der Waals surface area (Å²) in [6.45, 7) is 3.39. The van der Waals surface area contributed by atoms with Crippen molar-refractivity contribution in [2.45, 2.75) is 0 Å². The minimum absolute atomic E-state index is 0.201. The number of phenolic OH excluding ortho intramolecular Hbond substituents is 1. The molecule has 0 saturated heterocycles. The van der Waals surface area contributed by atoms with Crippen LogP contribution in [0, 0.1) is 0 Å². The first-order valence-electron chi connectivity index (χ1n) is 4.86. The van der Waals surface area contributed by atoms with Crippen molar-refractivity contribution in [3.05, 3.63) is 49.1 Å². The fourth-order valence-corrected chi connectivity index (χ4v) is 1.58. The predicted molar refractivity (Wildman–Crippen MR) is 64.4 cm³/mol. The maximum Gasteiger partial charge on any atom is 0.247 e. The summed E-state index contributed by atoms with van der Waals surface area (Å²) in [6.07, 6.45) is 1.21. The SMILES string of the molecule is C=CC(=O)Nc1ccc(O)c2ccccc12. The molecule has 0 aromatic heterocycles. The molecule has 0 spiro atoms. The number of amides is 1. The van der Waals surface area contributed by atoms with Gasteiger partial charge in [-0.05, 0) is 18.2 Å².